The van der Waals surface area contributed by atoms with Gasteiger partial charge in [-0.25, -0.2) is 0 Å². The summed E-state index contributed by atoms with van der Waals surface area (Å²) in [4.78, 5) is 25.0. The number of benzene rings is 5. The fourth-order valence-corrected chi connectivity index (χ4v) is 5.56. The molecule has 0 unspecified atom stereocenters. The van der Waals surface area contributed by atoms with Crippen molar-refractivity contribution in [3.05, 3.63) is 142 Å². The molecule has 5 aromatic carbocycles. The number of rotatable bonds is 8. The Kier molecular flexibility index (Phi) is 9.34. The van der Waals surface area contributed by atoms with Crippen molar-refractivity contribution >= 4 is 28.7 Å². The number of ether oxygens (including phenoxy) is 1. The van der Waals surface area contributed by atoms with Gasteiger partial charge in [0.15, 0.2) is 0 Å². The Labute approximate surface area is 277 Å². The molecule has 0 aliphatic heterocycles. The molecular weight excluding hydrogens is 584 g/mol. The van der Waals surface area contributed by atoms with Crippen molar-refractivity contribution in [1.29, 1.82) is 0 Å². The number of hydrogen-bond donors (Lipinski definition) is 0. The largest absolute Gasteiger partial charge is 0.461 e. The van der Waals surface area contributed by atoms with Gasteiger partial charge in [-0.15, -0.1) is 0 Å². The lowest BCUT2D eigenvalue weighted by Gasteiger charge is -2.26. The number of nitro groups is 1. The molecule has 6 heteroatoms. The van der Waals surface area contributed by atoms with Crippen molar-refractivity contribution in [3.8, 4) is 22.3 Å². The van der Waals surface area contributed by atoms with Crippen LogP contribution in [0.2, 0.25) is 0 Å². The van der Waals surface area contributed by atoms with Gasteiger partial charge in [0.2, 0.25) is 0 Å². The molecule has 0 aliphatic rings. The molecule has 0 saturated heterocycles. The molecule has 0 fully saturated rings. The summed E-state index contributed by atoms with van der Waals surface area (Å²) in [6.45, 7) is 14.3. The fourth-order valence-electron chi connectivity index (χ4n) is 5.56. The van der Waals surface area contributed by atoms with Crippen LogP contribution in [0.15, 0.2) is 115 Å². The molecule has 0 N–H and O–H groups in total. The lowest BCUT2D eigenvalue weighted by Crippen LogP contribution is -2.11. The molecule has 0 amide bonds. The van der Waals surface area contributed by atoms with Crippen LogP contribution in [0.25, 0.3) is 22.3 Å². The van der Waals surface area contributed by atoms with E-state index in [9.17, 15) is 14.9 Å². The molecule has 0 spiro atoms. The smallest absolute Gasteiger partial charge is 0.302 e. The lowest BCUT2D eigenvalue weighted by molar-refractivity contribution is -0.385. The van der Waals surface area contributed by atoms with Gasteiger partial charge >= 0.3 is 5.97 Å². The summed E-state index contributed by atoms with van der Waals surface area (Å²) in [5.41, 5.74) is 9.82. The summed E-state index contributed by atoms with van der Waals surface area (Å²) in [6.07, 6.45) is 0. The van der Waals surface area contributed by atoms with E-state index in [1.807, 2.05) is 0 Å². The number of nitro benzene ring substituents is 1. The topological polar surface area (TPSA) is 72.7 Å². The summed E-state index contributed by atoms with van der Waals surface area (Å²) >= 11 is 0. The van der Waals surface area contributed by atoms with Crippen LogP contribution < -0.4 is 4.90 Å². The third-order valence-corrected chi connectivity index (χ3v) is 8.37. The first kappa shape index (κ1) is 33.1. The van der Waals surface area contributed by atoms with Crippen LogP contribution in [0, 0.1) is 10.1 Å². The van der Waals surface area contributed by atoms with Crippen molar-refractivity contribution in [1.82, 2.24) is 0 Å². The average Bonchev–Trinajstić information content (AvgIpc) is 3.04. The number of hydrogen-bond acceptors (Lipinski definition) is 5. The summed E-state index contributed by atoms with van der Waals surface area (Å²) in [5, 5.41) is 11.8. The van der Waals surface area contributed by atoms with Gasteiger partial charge in [0.05, 0.1) is 10.5 Å². The first-order chi connectivity index (χ1) is 22.2. The third-order valence-electron chi connectivity index (χ3n) is 8.37. The maximum absolute atomic E-state index is 11.8. The first-order valence-electron chi connectivity index (χ1n) is 15.8. The molecule has 5 rings (SSSR count). The van der Waals surface area contributed by atoms with Crippen LogP contribution in [0.5, 0.6) is 0 Å². The average molecular weight is 627 g/mol. The lowest BCUT2D eigenvalue weighted by atomic mass is 9.86. The van der Waals surface area contributed by atoms with E-state index < -0.39 is 10.9 Å². The van der Waals surface area contributed by atoms with Crippen LogP contribution in [0.1, 0.15) is 65.2 Å². The Morgan fingerprint density at radius 1 is 0.617 bits per heavy atom. The molecule has 0 heterocycles. The second-order valence-corrected chi connectivity index (χ2v) is 13.9. The van der Waals surface area contributed by atoms with Crippen molar-refractivity contribution in [2.75, 3.05) is 4.90 Å². The SMILES string of the molecule is CC(=O)OCc1cc(N(c2ccc(-c3ccc(C(C)(C)C)cc3)cc2)c2ccc(-c3ccc(C(C)(C)C)cc3)cc2)ccc1[N+](=O)[O-]. The molecule has 0 aromatic heterocycles. The first-order valence-corrected chi connectivity index (χ1v) is 15.8. The Hall–Kier alpha value is -5.23. The predicted octanol–water partition coefficient (Wildman–Crippen LogP) is 11.1. The van der Waals surface area contributed by atoms with E-state index in [4.69, 9.17) is 4.74 Å². The molecule has 0 saturated carbocycles. The van der Waals surface area contributed by atoms with Gasteiger partial charge in [-0.1, -0.05) is 114 Å². The Bertz CT molecular complexity index is 1760. The minimum Gasteiger partial charge on any atom is -0.461 e. The van der Waals surface area contributed by atoms with E-state index in [1.54, 1.807) is 12.1 Å². The summed E-state index contributed by atoms with van der Waals surface area (Å²) < 4.78 is 5.19. The molecule has 0 bridgehead atoms. The van der Waals surface area contributed by atoms with Crippen molar-refractivity contribution in [2.24, 2.45) is 0 Å². The van der Waals surface area contributed by atoms with Gasteiger partial charge in [-0.3, -0.25) is 14.9 Å². The Morgan fingerprint density at radius 3 is 1.32 bits per heavy atom. The maximum atomic E-state index is 11.8. The normalized spacial score (nSPS) is 11.6. The zero-order valence-corrected chi connectivity index (χ0v) is 28.2. The summed E-state index contributed by atoms with van der Waals surface area (Å²) in [7, 11) is 0. The highest BCUT2D eigenvalue weighted by atomic mass is 16.6. The zero-order chi connectivity index (χ0) is 33.9. The number of esters is 1. The number of nitrogens with zero attached hydrogens (tertiary/aromatic N) is 2. The van der Waals surface area contributed by atoms with E-state index in [-0.39, 0.29) is 23.1 Å². The highest BCUT2D eigenvalue weighted by Crippen LogP contribution is 2.39. The van der Waals surface area contributed by atoms with Gasteiger partial charge in [-0.05, 0) is 80.6 Å². The van der Waals surface area contributed by atoms with Crippen LogP contribution in [0.3, 0.4) is 0 Å². The predicted molar refractivity (Wildman–Crippen MR) is 192 cm³/mol. The second-order valence-electron chi connectivity index (χ2n) is 13.9. The minimum absolute atomic E-state index is 0.0768. The standard InChI is InChI=1S/C41H42N2O4/c1-28(44)47-27-33-26-38(24-25-39(33)43(45)46)42(36-20-12-31(13-21-36)29-8-16-34(17-9-29)40(2,3)4)37-22-14-32(15-23-37)30-10-18-35(19-11-30)41(5,6)7/h8-26H,27H2,1-7H3. The molecule has 0 radical (unpaired) electrons. The van der Waals surface area contributed by atoms with Gasteiger partial charge in [0.25, 0.3) is 5.69 Å². The number of anilines is 3. The van der Waals surface area contributed by atoms with Crippen LogP contribution >= 0.6 is 0 Å². The van der Waals surface area contributed by atoms with Crippen LogP contribution in [-0.2, 0) is 27.0 Å². The van der Waals surface area contributed by atoms with Gasteiger partial charge in [-0.2, -0.15) is 0 Å². The van der Waals surface area contributed by atoms with Gasteiger partial charge < -0.3 is 9.64 Å². The van der Waals surface area contributed by atoms with E-state index in [1.165, 1.54) is 24.1 Å². The Morgan fingerprint density at radius 2 is 0.979 bits per heavy atom. The van der Waals surface area contributed by atoms with Crippen molar-refractivity contribution in [2.45, 2.75) is 65.9 Å². The van der Waals surface area contributed by atoms with E-state index in [0.717, 1.165) is 33.6 Å². The van der Waals surface area contributed by atoms with Gasteiger partial charge in [0, 0.05) is 30.1 Å². The molecule has 0 aliphatic carbocycles. The number of carbonyl (C=O) groups excluding carboxylic acids is 1. The van der Waals surface area contributed by atoms with Crippen molar-refractivity contribution < 1.29 is 14.5 Å². The van der Waals surface area contributed by atoms with Crippen molar-refractivity contribution in [3.63, 3.8) is 0 Å². The number of carbonyl (C=O) groups is 1. The molecule has 6 nitrogen and oxygen atoms in total. The molecule has 5 aromatic rings. The zero-order valence-electron chi connectivity index (χ0n) is 28.2. The van der Waals surface area contributed by atoms with Crippen LogP contribution in [0.4, 0.5) is 22.7 Å². The van der Waals surface area contributed by atoms with E-state index in [0.29, 0.717) is 11.3 Å². The minimum atomic E-state index is -0.501. The van der Waals surface area contributed by atoms with Gasteiger partial charge in [0.1, 0.15) is 6.61 Å². The van der Waals surface area contributed by atoms with E-state index >= 15 is 0 Å². The highest BCUT2D eigenvalue weighted by molar-refractivity contribution is 5.80. The fraction of sp³-hybridized carbons (Fsp3) is 0.244. The molecule has 47 heavy (non-hydrogen) atoms. The highest BCUT2D eigenvalue weighted by Gasteiger charge is 2.21. The quantitative estimate of drug-likeness (QED) is 0.0973. The van der Waals surface area contributed by atoms with Crippen LogP contribution in [-0.4, -0.2) is 10.9 Å². The van der Waals surface area contributed by atoms with E-state index in [2.05, 4.69) is 144 Å². The molecular formula is C41H42N2O4. The summed E-state index contributed by atoms with van der Waals surface area (Å²) in [6, 6.07) is 38.8. The maximum Gasteiger partial charge on any atom is 0.302 e. The summed E-state index contributed by atoms with van der Waals surface area (Å²) in [5.74, 6) is -0.501. The molecule has 240 valence electrons. The Balaban J connectivity index is 1.55. The molecule has 0 atom stereocenters. The third kappa shape index (κ3) is 7.78. The monoisotopic (exact) mass is 626 g/mol. The second kappa shape index (κ2) is 13.2.